The number of piperidine rings is 1. The Hall–Kier alpha value is -2.48. The molecule has 1 saturated heterocycles. The fourth-order valence-corrected chi connectivity index (χ4v) is 5.41. The Kier molecular flexibility index (Phi) is 5.18. The van der Waals surface area contributed by atoms with Crippen molar-refractivity contribution in [1.82, 2.24) is 19.8 Å². The van der Waals surface area contributed by atoms with Crippen molar-refractivity contribution in [3.8, 4) is 0 Å². The third-order valence-electron chi connectivity index (χ3n) is 6.67. The lowest BCUT2D eigenvalue weighted by atomic mass is 9.83. The molecule has 7 nitrogen and oxygen atoms in total. The summed E-state index contributed by atoms with van der Waals surface area (Å²) in [6.07, 6.45) is 6.39. The van der Waals surface area contributed by atoms with Crippen LogP contribution in [0.2, 0.25) is 0 Å². The van der Waals surface area contributed by atoms with Crippen molar-refractivity contribution in [3.63, 3.8) is 0 Å². The van der Waals surface area contributed by atoms with Gasteiger partial charge in [-0.1, -0.05) is 12.5 Å². The van der Waals surface area contributed by atoms with Crippen LogP contribution >= 0.6 is 11.3 Å². The number of aromatic amines is 1. The molecular weight excluding hydrogens is 400 g/mol. The molecule has 0 bridgehead atoms. The smallest absolute Gasteiger partial charge is 0.264 e. The predicted octanol–water partition coefficient (Wildman–Crippen LogP) is 2.88. The van der Waals surface area contributed by atoms with Crippen molar-refractivity contribution < 1.29 is 9.59 Å². The lowest BCUT2D eigenvalue weighted by Crippen LogP contribution is -2.45. The molecule has 0 radical (unpaired) electrons. The molecule has 2 aliphatic heterocycles. The molecule has 2 amide bonds. The number of rotatable bonds is 3. The topological polar surface area (TPSA) is 86.4 Å². The number of likely N-dealkylation sites (tertiary alicyclic amines) is 1. The van der Waals surface area contributed by atoms with E-state index in [1.807, 2.05) is 22.4 Å². The van der Waals surface area contributed by atoms with Crippen LogP contribution in [0.3, 0.4) is 0 Å². The molecule has 2 fully saturated rings. The van der Waals surface area contributed by atoms with Crippen molar-refractivity contribution in [2.75, 3.05) is 13.1 Å². The lowest BCUT2D eigenvalue weighted by Gasteiger charge is -2.39. The number of fused-ring (bicyclic) bond motifs is 1. The summed E-state index contributed by atoms with van der Waals surface area (Å²) >= 11 is 1.43. The van der Waals surface area contributed by atoms with E-state index in [-0.39, 0.29) is 29.3 Å². The molecule has 8 heteroatoms. The predicted molar refractivity (Wildman–Crippen MR) is 113 cm³/mol. The zero-order chi connectivity index (χ0) is 20.7. The highest BCUT2D eigenvalue weighted by molar-refractivity contribution is 7.12. The van der Waals surface area contributed by atoms with Crippen LogP contribution in [0.4, 0.5) is 0 Å². The summed E-state index contributed by atoms with van der Waals surface area (Å²) in [6, 6.07) is 3.52. The number of aromatic nitrogens is 2. The number of hydrogen-bond acceptors (Lipinski definition) is 5. The average Bonchev–Trinajstić information content (AvgIpc) is 3.26. The summed E-state index contributed by atoms with van der Waals surface area (Å²) in [5, 5.41) is 1.89. The molecule has 0 unspecified atom stereocenters. The number of carbonyl (C=O) groups excluding carboxylic acids is 2. The fourth-order valence-electron chi connectivity index (χ4n) is 4.72. The maximum Gasteiger partial charge on any atom is 0.264 e. The monoisotopic (exact) mass is 426 g/mol. The molecule has 158 valence electrons. The average molecular weight is 427 g/mol. The first-order valence-electron chi connectivity index (χ1n) is 10.9. The van der Waals surface area contributed by atoms with E-state index >= 15 is 0 Å². The van der Waals surface area contributed by atoms with E-state index < -0.39 is 0 Å². The first kappa shape index (κ1) is 19.5. The Balaban J connectivity index is 1.42. The maximum absolute atomic E-state index is 13.0. The van der Waals surface area contributed by atoms with Gasteiger partial charge < -0.3 is 14.8 Å². The SMILES string of the molecule is O=C(c1cccs1)N1CCc2c(nc([C@@H]3CCCCN3C(=O)C3CCC3)[nH]c2=O)C1. The van der Waals surface area contributed by atoms with Crippen LogP contribution in [0, 0.1) is 5.92 Å². The van der Waals surface area contributed by atoms with Gasteiger partial charge in [-0.15, -0.1) is 11.3 Å². The second-order valence-corrected chi connectivity index (χ2v) is 9.45. The lowest BCUT2D eigenvalue weighted by molar-refractivity contribution is -0.142. The largest absolute Gasteiger partial charge is 0.332 e. The van der Waals surface area contributed by atoms with Gasteiger partial charge in [0.25, 0.3) is 11.5 Å². The van der Waals surface area contributed by atoms with E-state index in [9.17, 15) is 14.4 Å². The highest BCUT2D eigenvalue weighted by Crippen LogP contribution is 2.35. The standard InChI is InChI=1S/C22H26N4O3S/c27-20-15-9-11-25(22(29)18-8-4-12-30-18)13-16(15)23-19(24-20)17-7-1-2-10-26(17)21(28)14-5-3-6-14/h4,8,12,14,17H,1-3,5-7,9-11,13H2,(H,23,24,27)/t17-/m0/s1. The second kappa shape index (κ2) is 7.98. The summed E-state index contributed by atoms with van der Waals surface area (Å²) in [6.45, 7) is 1.58. The first-order valence-corrected chi connectivity index (χ1v) is 11.7. The van der Waals surface area contributed by atoms with E-state index in [4.69, 9.17) is 4.98 Å². The molecule has 3 aliphatic rings. The minimum atomic E-state index is -0.173. The molecule has 1 aliphatic carbocycles. The van der Waals surface area contributed by atoms with Gasteiger partial charge in [-0.05, 0) is 50.0 Å². The van der Waals surface area contributed by atoms with E-state index in [1.165, 1.54) is 11.3 Å². The van der Waals surface area contributed by atoms with E-state index in [2.05, 4.69) is 4.98 Å². The van der Waals surface area contributed by atoms with Gasteiger partial charge in [0.1, 0.15) is 5.82 Å². The molecule has 0 spiro atoms. The highest BCUT2D eigenvalue weighted by atomic mass is 32.1. The van der Waals surface area contributed by atoms with Crippen LogP contribution in [0.25, 0.3) is 0 Å². The van der Waals surface area contributed by atoms with Crippen LogP contribution < -0.4 is 5.56 Å². The molecule has 5 rings (SSSR count). The third-order valence-corrected chi connectivity index (χ3v) is 7.52. The van der Waals surface area contributed by atoms with Gasteiger partial charge in [0.15, 0.2) is 0 Å². The number of carbonyl (C=O) groups is 2. The molecule has 1 N–H and O–H groups in total. The minimum absolute atomic E-state index is 0.0151. The zero-order valence-electron chi connectivity index (χ0n) is 16.9. The van der Waals surface area contributed by atoms with E-state index in [0.29, 0.717) is 41.5 Å². The summed E-state index contributed by atoms with van der Waals surface area (Å²) in [5.41, 5.74) is 1.22. The normalized spacial score (nSPS) is 21.8. The Morgan fingerprint density at radius 2 is 2.00 bits per heavy atom. The van der Waals surface area contributed by atoms with Gasteiger partial charge >= 0.3 is 0 Å². The minimum Gasteiger partial charge on any atom is -0.332 e. The van der Waals surface area contributed by atoms with Gasteiger partial charge in [-0.25, -0.2) is 4.98 Å². The summed E-state index contributed by atoms with van der Waals surface area (Å²) < 4.78 is 0. The van der Waals surface area contributed by atoms with Crippen molar-refractivity contribution in [2.45, 2.75) is 57.5 Å². The number of amides is 2. The van der Waals surface area contributed by atoms with Gasteiger partial charge in [0, 0.05) is 24.6 Å². The molecule has 2 aromatic rings. The Bertz CT molecular complexity index is 1010. The molecular formula is C22H26N4O3S. The van der Waals surface area contributed by atoms with Crippen molar-refractivity contribution >= 4 is 23.2 Å². The molecule has 0 aromatic carbocycles. The second-order valence-electron chi connectivity index (χ2n) is 8.50. The molecule has 2 aromatic heterocycles. The molecule has 4 heterocycles. The summed E-state index contributed by atoms with van der Waals surface area (Å²) in [4.78, 5) is 50.7. The molecule has 30 heavy (non-hydrogen) atoms. The Morgan fingerprint density at radius 1 is 1.13 bits per heavy atom. The van der Waals surface area contributed by atoms with Gasteiger partial charge in [-0.2, -0.15) is 0 Å². The van der Waals surface area contributed by atoms with Crippen LogP contribution in [0.5, 0.6) is 0 Å². The van der Waals surface area contributed by atoms with Crippen molar-refractivity contribution in [1.29, 1.82) is 0 Å². The number of thiophene rings is 1. The fraction of sp³-hybridized carbons (Fsp3) is 0.545. The van der Waals surface area contributed by atoms with E-state index in [1.54, 1.807) is 4.90 Å². The van der Waals surface area contributed by atoms with Gasteiger partial charge in [0.05, 0.1) is 23.2 Å². The Labute approximate surface area is 179 Å². The quantitative estimate of drug-likeness (QED) is 0.818. The van der Waals surface area contributed by atoms with Crippen LogP contribution in [-0.4, -0.2) is 44.7 Å². The maximum atomic E-state index is 13.0. The summed E-state index contributed by atoms with van der Waals surface area (Å²) in [5.74, 6) is 0.907. The third kappa shape index (κ3) is 3.47. The van der Waals surface area contributed by atoms with Crippen LogP contribution in [0.1, 0.15) is 71.3 Å². The van der Waals surface area contributed by atoms with Crippen LogP contribution in [-0.2, 0) is 17.8 Å². The zero-order valence-corrected chi connectivity index (χ0v) is 17.7. The summed E-state index contributed by atoms with van der Waals surface area (Å²) in [7, 11) is 0. The van der Waals surface area contributed by atoms with Crippen molar-refractivity contribution in [3.05, 3.63) is 49.8 Å². The number of nitrogens with one attached hydrogen (secondary N) is 1. The molecule has 1 saturated carbocycles. The van der Waals surface area contributed by atoms with Crippen LogP contribution in [0.15, 0.2) is 22.3 Å². The van der Waals surface area contributed by atoms with Gasteiger partial charge in [0.2, 0.25) is 5.91 Å². The van der Waals surface area contributed by atoms with Gasteiger partial charge in [-0.3, -0.25) is 14.4 Å². The number of nitrogens with zero attached hydrogens (tertiary/aromatic N) is 3. The first-order chi connectivity index (χ1) is 14.6. The highest BCUT2D eigenvalue weighted by Gasteiger charge is 2.36. The molecule has 1 atom stereocenters. The number of hydrogen-bond donors (Lipinski definition) is 1. The van der Waals surface area contributed by atoms with Crippen molar-refractivity contribution in [2.24, 2.45) is 5.92 Å². The number of H-pyrrole nitrogens is 1. The Morgan fingerprint density at radius 3 is 2.73 bits per heavy atom. The van der Waals surface area contributed by atoms with E-state index in [0.717, 1.165) is 45.1 Å².